The first-order chi connectivity index (χ1) is 62.4. The zero-order valence-electron chi connectivity index (χ0n) is 86.5. The molecule has 15 heteroatoms. The maximum Gasteiger partial charge on any atom is 0.286 e. The second-order valence-corrected chi connectivity index (χ2v) is 27.7. The Balaban J connectivity index is 0.000000754. The van der Waals surface area contributed by atoms with E-state index in [2.05, 4.69) is 244 Å². The van der Waals surface area contributed by atoms with Gasteiger partial charge in [0, 0.05) is 118 Å². The number of aromatic nitrogens is 13. The zero-order chi connectivity index (χ0) is 97.2. The van der Waals surface area contributed by atoms with E-state index in [1.54, 1.807) is 18.9 Å². The lowest BCUT2D eigenvalue weighted by Gasteiger charge is -2.18. The van der Waals surface area contributed by atoms with Gasteiger partial charge >= 0.3 is 0 Å². The fourth-order valence-electron chi connectivity index (χ4n) is 14.6. The molecular formula is C113H160N13OS+5. The van der Waals surface area contributed by atoms with Crippen molar-refractivity contribution in [3.8, 4) is 45.2 Å². The highest BCUT2D eigenvalue weighted by Gasteiger charge is 2.23. The third kappa shape index (κ3) is 27.1. The molecule has 0 bridgehead atoms. The van der Waals surface area contributed by atoms with Gasteiger partial charge in [-0.1, -0.05) is 278 Å². The van der Waals surface area contributed by atoms with E-state index < -0.39 is 0 Å². The number of para-hydroxylation sites is 2. The van der Waals surface area contributed by atoms with E-state index >= 15 is 0 Å². The Morgan fingerprint density at radius 2 is 0.688 bits per heavy atom. The van der Waals surface area contributed by atoms with Gasteiger partial charge in [-0.05, 0) is 178 Å². The van der Waals surface area contributed by atoms with Crippen molar-refractivity contribution in [2.24, 2.45) is 42.3 Å². The average Bonchev–Trinajstić information content (AvgIpc) is 1.04. The molecule has 128 heavy (non-hydrogen) atoms. The van der Waals surface area contributed by atoms with Gasteiger partial charge in [-0.3, -0.25) is 0 Å². The maximum absolute atomic E-state index is 5.98. The van der Waals surface area contributed by atoms with Crippen molar-refractivity contribution in [2.45, 2.75) is 242 Å². The number of thiophene rings is 1. The van der Waals surface area contributed by atoms with Crippen molar-refractivity contribution < 1.29 is 27.3 Å². The topological polar surface area (TPSA) is 128 Å². The molecule has 0 atom stereocenters. The van der Waals surface area contributed by atoms with Crippen LogP contribution in [0.3, 0.4) is 0 Å². The Labute approximate surface area is 776 Å². The van der Waals surface area contributed by atoms with Crippen molar-refractivity contribution in [3.63, 3.8) is 0 Å². The molecule has 0 aliphatic rings. The van der Waals surface area contributed by atoms with Gasteiger partial charge in [-0.15, -0.1) is 11.3 Å². The van der Waals surface area contributed by atoms with Crippen LogP contribution in [0.1, 0.15) is 230 Å². The fraction of sp³-hybridized carbons (Fsp3) is 0.363. The van der Waals surface area contributed by atoms with Crippen molar-refractivity contribution >= 4 is 108 Å². The van der Waals surface area contributed by atoms with Crippen LogP contribution < -0.4 is 22.8 Å². The van der Waals surface area contributed by atoms with Crippen LogP contribution in [0.15, 0.2) is 231 Å². The van der Waals surface area contributed by atoms with Gasteiger partial charge in [-0.25, -0.2) is 32.8 Å². The number of rotatable bonds is 4. The second kappa shape index (κ2) is 60.7. The lowest BCUT2D eigenvalue weighted by molar-refractivity contribution is -0.663. The Kier molecular flexibility index (Phi) is 54.1. The van der Waals surface area contributed by atoms with Gasteiger partial charge in [0.25, 0.3) is 31.6 Å². The molecule has 0 radical (unpaired) electrons. The Hall–Kier alpha value is -11.9. The Bertz CT molecular complexity index is 6020. The highest BCUT2D eigenvalue weighted by Crippen LogP contribution is 2.42. The molecule has 14 nitrogen and oxygen atoms in total. The first-order valence-electron chi connectivity index (χ1n) is 47.2. The molecule has 18 rings (SSSR count). The van der Waals surface area contributed by atoms with E-state index in [1.165, 1.54) is 158 Å². The fourth-order valence-corrected chi connectivity index (χ4v) is 15.7. The van der Waals surface area contributed by atoms with E-state index in [9.17, 15) is 0 Å². The number of fused-ring (bicyclic) bond motifs is 15. The van der Waals surface area contributed by atoms with Gasteiger partial charge in [-0.2, -0.15) is 0 Å². The highest BCUT2D eigenvalue weighted by atomic mass is 32.1. The predicted octanol–water partition coefficient (Wildman–Crippen LogP) is 30.5. The lowest BCUT2D eigenvalue weighted by atomic mass is 9.86. The zero-order valence-corrected chi connectivity index (χ0v) is 87.3. The van der Waals surface area contributed by atoms with Crippen LogP contribution in [0.2, 0.25) is 0 Å². The maximum atomic E-state index is 5.98. The third-order valence-corrected chi connectivity index (χ3v) is 21.3. The van der Waals surface area contributed by atoms with Crippen LogP contribution in [0.5, 0.6) is 0 Å². The van der Waals surface area contributed by atoms with Crippen molar-refractivity contribution in [2.75, 3.05) is 0 Å². The van der Waals surface area contributed by atoms with E-state index in [0.29, 0.717) is 0 Å². The number of hydrogen-bond acceptors (Lipinski definition) is 9. The van der Waals surface area contributed by atoms with Crippen molar-refractivity contribution in [1.82, 2.24) is 39.5 Å². The summed E-state index contributed by atoms with van der Waals surface area (Å²) in [7, 11) is 12.3. The molecule has 9 aromatic carbocycles. The standard InChI is InChI=1S/C22H23N2.C19H18N3.C18H15N2O.C18H15N2S.C10H11N4.13C2H6/c1-12-8-7-9-17-19(12)22-18(10-23-11-24(22)6)21-16(5)14(3)13(2)15(4)20(17)21;1-13-10-16-14-6-4-5-7-18(14)22(3)19(16)11-15(13)17-8-9-20-12-21(17)2;2*1-12-9-15-13-5-3-4-6-17(13)21-18(15)10-14(12)16-7-8-19-11-20(16)2;1-8-5-12-6-13-10(8)9-3-4-11-7-14(9)2;13*1-2/h7-11H,1-6H3;4-12H,1-3H3;2*3-11H,1-2H3;3-7H,1-2H3;13*1-2H3/q5*+1;;;;;;;;;;;;;. The lowest BCUT2D eigenvalue weighted by Crippen LogP contribution is -2.31. The number of benzene rings is 9. The molecule has 0 N–H and O–H groups in total. The third-order valence-electron chi connectivity index (χ3n) is 20.2. The Morgan fingerprint density at radius 3 is 1.18 bits per heavy atom. The molecule has 0 saturated carbocycles. The van der Waals surface area contributed by atoms with Gasteiger partial charge in [0.1, 0.15) is 70.6 Å². The normalized spacial score (nSPS) is 9.60. The van der Waals surface area contributed by atoms with Gasteiger partial charge in [0.2, 0.25) is 0 Å². The van der Waals surface area contributed by atoms with Crippen molar-refractivity contribution in [1.29, 1.82) is 0 Å². The molecule has 0 spiro atoms. The summed E-state index contributed by atoms with van der Waals surface area (Å²) in [5, 5.41) is 14.4. The van der Waals surface area contributed by atoms with Crippen LogP contribution in [0.4, 0.5) is 0 Å². The SMILES string of the molecule is CC.CC.CC.CC.CC.CC.CC.CC.CC.CC.CC.CC.CC.Cc1c(C)c(C)c2c3cnc[n+](C)c3c3c(C)cccc3c2c1C.Cc1cc2c(cc1-c1ccnc[n+]1C)oc1ccccc12.Cc1cc2c(cc1-c1ccnc[n+]1C)sc1ccccc12.Cc1cc2c3ccccc3n(C)c2cc1-c1ccnc[n+]1C.Cc1cncnc1-c1ccnc[n+]1C. The van der Waals surface area contributed by atoms with Gasteiger partial charge < -0.3 is 8.98 Å². The number of furan rings is 1. The molecular weight excluding hydrogens is 1590 g/mol. The summed E-state index contributed by atoms with van der Waals surface area (Å²) >= 11 is 1.86. The van der Waals surface area contributed by atoms with Crippen LogP contribution in [-0.2, 0) is 42.3 Å². The summed E-state index contributed by atoms with van der Waals surface area (Å²) in [6, 6.07) is 53.6. The molecule has 684 valence electrons. The summed E-state index contributed by atoms with van der Waals surface area (Å²) in [6.45, 7) is 71.7. The molecule has 18 aromatic rings. The number of hydrogen-bond donors (Lipinski definition) is 0. The van der Waals surface area contributed by atoms with Crippen LogP contribution >= 0.6 is 11.3 Å². The molecule has 0 amide bonds. The van der Waals surface area contributed by atoms with E-state index in [4.69, 9.17) is 4.42 Å². The van der Waals surface area contributed by atoms with E-state index in [-0.39, 0.29) is 0 Å². The molecule has 0 saturated heterocycles. The summed E-state index contributed by atoms with van der Waals surface area (Å²) in [5.74, 6) is 0. The summed E-state index contributed by atoms with van der Waals surface area (Å²) < 4.78 is 21.2. The first-order valence-corrected chi connectivity index (χ1v) is 48.0. The molecule has 0 unspecified atom stereocenters. The first kappa shape index (κ1) is 114. The van der Waals surface area contributed by atoms with Gasteiger partial charge in [0.15, 0.2) is 11.9 Å². The molecule has 0 aliphatic heterocycles. The highest BCUT2D eigenvalue weighted by molar-refractivity contribution is 7.25. The molecule has 9 heterocycles. The largest absolute Gasteiger partial charge is 0.456 e. The quantitative estimate of drug-likeness (QED) is 0.126. The number of aryl methyl sites for hydroxylation is 13. The average molecular weight is 1750 g/mol. The second-order valence-electron chi connectivity index (χ2n) is 26.7. The summed E-state index contributed by atoms with van der Waals surface area (Å²) in [6.07, 6.45) is 21.9. The van der Waals surface area contributed by atoms with Gasteiger partial charge in [0.05, 0.1) is 40.6 Å². The Morgan fingerprint density at radius 1 is 0.281 bits per heavy atom. The van der Waals surface area contributed by atoms with Crippen LogP contribution in [-0.4, -0.2) is 39.5 Å². The minimum Gasteiger partial charge on any atom is -0.456 e. The minimum atomic E-state index is 0.925. The molecule has 0 fully saturated rings. The van der Waals surface area contributed by atoms with Crippen molar-refractivity contribution in [3.05, 3.63) is 277 Å². The monoisotopic (exact) mass is 1750 g/mol. The van der Waals surface area contributed by atoms with Crippen LogP contribution in [0, 0.1) is 62.3 Å². The van der Waals surface area contributed by atoms with E-state index in [0.717, 1.165) is 33.8 Å². The minimum absolute atomic E-state index is 0.925. The molecule has 9 aromatic heterocycles. The number of nitrogens with zero attached hydrogens (tertiary/aromatic N) is 13. The molecule has 0 aliphatic carbocycles. The smallest absolute Gasteiger partial charge is 0.286 e. The van der Waals surface area contributed by atoms with Crippen LogP contribution in [0.25, 0.3) is 142 Å². The summed E-state index contributed by atoms with van der Waals surface area (Å²) in [4.78, 5) is 29.2. The predicted molar refractivity (Wildman–Crippen MR) is 561 cm³/mol. The van der Waals surface area contributed by atoms with E-state index in [1.807, 2.05) is 322 Å². The summed E-state index contributed by atoms with van der Waals surface area (Å²) in [5.41, 5.74) is 26.6.